The molecule has 0 aliphatic carbocycles. The molecular formula is C12H15N3O5. The number of rotatable bonds is 6. The molecule has 8 heteroatoms. The maximum atomic E-state index is 11.9. The third-order valence-electron chi connectivity index (χ3n) is 2.66. The van der Waals surface area contributed by atoms with Crippen LogP contribution in [0, 0.1) is 23.0 Å². The van der Waals surface area contributed by atoms with Crippen molar-refractivity contribution in [2.24, 2.45) is 5.92 Å². The molecule has 0 aliphatic heterocycles. The van der Waals surface area contributed by atoms with E-state index in [-0.39, 0.29) is 30.1 Å². The Morgan fingerprint density at radius 1 is 1.55 bits per heavy atom. The highest BCUT2D eigenvalue weighted by atomic mass is 16.6. The smallest absolute Gasteiger partial charge is 0.303 e. The Hall–Kier alpha value is -2.51. The minimum absolute atomic E-state index is 0.0630. The molecule has 1 atom stereocenters. The summed E-state index contributed by atoms with van der Waals surface area (Å²) in [4.78, 5) is 36.2. The SMILES string of the molecule is Cc1ncc([N+](=O)[O-])cc1C(=O)NCC(C)CC(=O)O. The zero-order valence-corrected chi connectivity index (χ0v) is 11.1. The molecule has 1 aromatic rings. The van der Waals surface area contributed by atoms with Gasteiger partial charge in [-0.3, -0.25) is 24.7 Å². The zero-order valence-electron chi connectivity index (χ0n) is 11.1. The topological polar surface area (TPSA) is 122 Å². The van der Waals surface area contributed by atoms with Crippen molar-refractivity contribution in [3.8, 4) is 0 Å². The van der Waals surface area contributed by atoms with Gasteiger partial charge < -0.3 is 10.4 Å². The Labute approximate surface area is 115 Å². The zero-order chi connectivity index (χ0) is 15.3. The average molecular weight is 281 g/mol. The molecule has 1 unspecified atom stereocenters. The fraction of sp³-hybridized carbons (Fsp3) is 0.417. The van der Waals surface area contributed by atoms with Crippen LogP contribution in [0.25, 0.3) is 0 Å². The fourth-order valence-corrected chi connectivity index (χ4v) is 1.58. The molecule has 0 spiro atoms. The second kappa shape index (κ2) is 6.60. The summed E-state index contributed by atoms with van der Waals surface area (Å²) in [6, 6.07) is 1.15. The van der Waals surface area contributed by atoms with E-state index < -0.39 is 16.8 Å². The predicted octanol–water partition coefficient (Wildman–Crippen LogP) is 1.14. The van der Waals surface area contributed by atoms with Gasteiger partial charge in [0.2, 0.25) is 0 Å². The van der Waals surface area contributed by atoms with E-state index in [1.165, 1.54) is 0 Å². The van der Waals surface area contributed by atoms with Crippen LogP contribution < -0.4 is 5.32 Å². The molecule has 0 aliphatic rings. The second-order valence-corrected chi connectivity index (χ2v) is 4.50. The minimum atomic E-state index is -0.944. The molecule has 1 amide bonds. The van der Waals surface area contributed by atoms with Crippen LogP contribution in [0.2, 0.25) is 0 Å². The Morgan fingerprint density at radius 2 is 2.20 bits per heavy atom. The first-order chi connectivity index (χ1) is 9.31. The Balaban J connectivity index is 2.74. The lowest BCUT2D eigenvalue weighted by Gasteiger charge is -2.11. The lowest BCUT2D eigenvalue weighted by Crippen LogP contribution is -2.30. The Kier molecular flexibility index (Phi) is 5.13. The number of nitro groups is 1. The van der Waals surface area contributed by atoms with Crippen LogP contribution in [0.5, 0.6) is 0 Å². The number of pyridine rings is 1. The number of carbonyl (C=O) groups is 2. The van der Waals surface area contributed by atoms with Gasteiger partial charge in [-0.1, -0.05) is 6.92 Å². The lowest BCUT2D eigenvalue weighted by molar-refractivity contribution is -0.385. The number of amides is 1. The first-order valence-electron chi connectivity index (χ1n) is 5.92. The van der Waals surface area contributed by atoms with Gasteiger partial charge in [0.15, 0.2) is 0 Å². The normalized spacial score (nSPS) is 11.7. The van der Waals surface area contributed by atoms with Crippen LogP contribution in [0.1, 0.15) is 29.4 Å². The summed E-state index contributed by atoms with van der Waals surface area (Å²) >= 11 is 0. The van der Waals surface area contributed by atoms with E-state index in [4.69, 9.17) is 5.11 Å². The Morgan fingerprint density at radius 3 is 2.75 bits per heavy atom. The van der Waals surface area contributed by atoms with Gasteiger partial charge in [0, 0.05) is 19.0 Å². The van der Waals surface area contributed by atoms with Gasteiger partial charge in [-0.15, -0.1) is 0 Å². The number of aliphatic carboxylic acids is 1. The first-order valence-corrected chi connectivity index (χ1v) is 5.92. The van der Waals surface area contributed by atoms with Gasteiger partial charge in [-0.25, -0.2) is 0 Å². The van der Waals surface area contributed by atoms with Crippen molar-refractivity contribution in [2.45, 2.75) is 20.3 Å². The third kappa shape index (κ3) is 4.30. The van der Waals surface area contributed by atoms with E-state index in [2.05, 4.69) is 10.3 Å². The lowest BCUT2D eigenvalue weighted by atomic mass is 10.1. The minimum Gasteiger partial charge on any atom is -0.481 e. The standard InChI is InChI=1S/C12H15N3O5/c1-7(3-11(16)17)5-14-12(18)10-4-9(15(19)20)6-13-8(10)2/h4,6-7H,3,5H2,1-2H3,(H,14,18)(H,16,17). The number of carboxylic acids is 1. The van der Waals surface area contributed by atoms with Crippen molar-refractivity contribution in [1.29, 1.82) is 0 Å². The molecule has 0 saturated heterocycles. The maximum Gasteiger partial charge on any atom is 0.303 e. The summed E-state index contributed by atoms with van der Waals surface area (Å²) in [6.07, 6.45) is 1.02. The quantitative estimate of drug-likeness (QED) is 0.595. The number of aromatic nitrogens is 1. The summed E-state index contributed by atoms with van der Waals surface area (Å²) in [7, 11) is 0. The van der Waals surface area contributed by atoms with Crippen molar-refractivity contribution in [3.05, 3.63) is 33.6 Å². The van der Waals surface area contributed by atoms with E-state index in [9.17, 15) is 19.7 Å². The number of hydrogen-bond donors (Lipinski definition) is 2. The fourth-order valence-electron chi connectivity index (χ4n) is 1.58. The van der Waals surface area contributed by atoms with Crippen molar-refractivity contribution >= 4 is 17.6 Å². The van der Waals surface area contributed by atoms with Crippen molar-refractivity contribution in [1.82, 2.24) is 10.3 Å². The second-order valence-electron chi connectivity index (χ2n) is 4.50. The molecule has 0 saturated carbocycles. The highest BCUT2D eigenvalue weighted by Crippen LogP contribution is 2.14. The molecule has 108 valence electrons. The molecule has 1 aromatic heterocycles. The first kappa shape index (κ1) is 15.5. The van der Waals surface area contributed by atoms with Gasteiger partial charge in [-0.2, -0.15) is 0 Å². The van der Waals surface area contributed by atoms with E-state index in [1.54, 1.807) is 13.8 Å². The van der Waals surface area contributed by atoms with E-state index in [1.807, 2.05) is 0 Å². The van der Waals surface area contributed by atoms with Crippen molar-refractivity contribution < 1.29 is 19.6 Å². The summed E-state index contributed by atoms with van der Waals surface area (Å²) in [6.45, 7) is 3.43. The summed E-state index contributed by atoms with van der Waals surface area (Å²) < 4.78 is 0. The number of nitrogens with zero attached hydrogens (tertiary/aromatic N) is 2. The van der Waals surface area contributed by atoms with Gasteiger partial charge in [-0.05, 0) is 12.8 Å². The number of aryl methyl sites for hydroxylation is 1. The van der Waals surface area contributed by atoms with Crippen LogP contribution in [-0.2, 0) is 4.79 Å². The van der Waals surface area contributed by atoms with Crippen LogP contribution in [0.3, 0.4) is 0 Å². The highest BCUT2D eigenvalue weighted by molar-refractivity contribution is 5.95. The summed E-state index contributed by atoms with van der Waals surface area (Å²) in [5.41, 5.74) is 0.222. The molecule has 1 heterocycles. The molecule has 1 rings (SSSR count). The number of hydrogen-bond acceptors (Lipinski definition) is 5. The molecule has 0 fully saturated rings. The van der Waals surface area contributed by atoms with Crippen LogP contribution >= 0.6 is 0 Å². The molecule has 0 bridgehead atoms. The summed E-state index contributed by atoms with van der Waals surface area (Å²) in [5, 5.41) is 21.8. The predicted molar refractivity (Wildman–Crippen MR) is 69.4 cm³/mol. The van der Waals surface area contributed by atoms with Crippen molar-refractivity contribution in [2.75, 3.05) is 6.54 Å². The van der Waals surface area contributed by atoms with Crippen molar-refractivity contribution in [3.63, 3.8) is 0 Å². The highest BCUT2D eigenvalue weighted by Gasteiger charge is 2.16. The monoisotopic (exact) mass is 281 g/mol. The van der Waals surface area contributed by atoms with Gasteiger partial charge in [0.1, 0.15) is 6.20 Å². The largest absolute Gasteiger partial charge is 0.481 e. The van der Waals surface area contributed by atoms with Crippen LogP contribution in [0.4, 0.5) is 5.69 Å². The average Bonchev–Trinajstić information content (AvgIpc) is 2.35. The van der Waals surface area contributed by atoms with Gasteiger partial charge in [0.05, 0.1) is 16.2 Å². The number of carboxylic acid groups (broad SMARTS) is 1. The molecule has 2 N–H and O–H groups in total. The molecular weight excluding hydrogens is 266 g/mol. The number of carbonyl (C=O) groups excluding carboxylic acids is 1. The van der Waals surface area contributed by atoms with E-state index in [0.29, 0.717) is 5.69 Å². The van der Waals surface area contributed by atoms with Crippen LogP contribution in [-0.4, -0.2) is 33.4 Å². The molecule has 0 radical (unpaired) electrons. The molecule has 0 aromatic carbocycles. The van der Waals surface area contributed by atoms with Gasteiger partial charge in [0.25, 0.3) is 11.6 Å². The summed E-state index contributed by atoms with van der Waals surface area (Å²) in [5.74, 6) is -1.68. The third-order valence-corrected chi connectivity index (χ3v) is 2.66. The molecule has 20 heavy (non-hydrogen) atoms. The van der Waals surface area contributed by atoms with Crippen LogP contribution in [0.15, 0.2) is 12.3 Å². The maximum absolute atomic E-state index is 11.9. The Bertz CT molecular complexity index is 544. The number of nitrogens with one attached hydrogen (secondary N) is 1. The van der Waals surface area contributed by atoms with E-state index >= 15 is 0 Å². The molecule has 8 nitrogen and oxygen atoms in total. The van der Waals surface area contributed by atoms with E-state index in [0.717, 1.165) is 12.3 Å². The van der Waals surface area contributed by atoms with Gasteiger partial charge >= 0.3 is 5.97 Å².